The number of rotatable bonds is 2. The highest BCUT2D eigenvalue weighted by molar-refractivity contribution is 6.30. The first kappa shape index (κ1) is 13.8. The van der Waals surface area contributed by atoms with Gasteiger partial charge in [-0.25, -0.2) is 0 Å². The number of phenols is 1. The quantitative estimate of drug-likeness (QED) is 0.925. The van der Waals surface area contributed by atoms with Crippen LogP contribution in [-0.4, -0.2) is 17.1 Å². The van der Waals surface area contributed by atoms with Crippen LogP contribution in [0.4, 0.5) is 5.69 Å². The van der Waals surface area contributed by atoms with E-state index in [1.807, 2.05) is 18.2 Å². The molecule has 0 saturated heterocycles. The van der Waals surface area contributed by atoms with Crippen molar-refractivity contribution in [2.45, 2.75) is 19.6 Å². The molecule has 0 radical (unpaired) electrons. The van der Waals surface area contributed by atoms with Gasteiger partial charge in [0.05, 0.1) is 12.2 Å². The smallest absolute Gasteiger partial charge is 0.268 e. The standard InChI is InChI=1S/C16H14ClNO3/c1-10-16(20)18(9-11-3-2-4-12(17)7-11)14-6-5-13(19)8-15(14)21-10/h2-8,10,19H,9H2,1H3. The van der Waals surface area contributed by atoms with Crippen LogP contribution in [0.2, 0.25) is 5.02 Å². The zero-order valence-corrected chi connectivity index (χ0v) is 12.2. The van der Waals surface area contributed by atoms with Crippen molar-refractivity contribution in [3.8, 4) is 11.5 Å². The summed E-state index contributed by atoms with van der Waals surface area (Å²) in [6.45, 7) is 2.10. The monoisotopic (exact) mass is 303 g/mol. The van der Waals surface area contributed by atoms with Gasteiger partial charge < -0.3 is 14.7 Å². The molecule has 4 nitrogen and oxygen atoms in total. The van der Waals surface area contributed by atoms with E-state index >= 15 is 0 Å². The van der Waals surface area contributed by atoms with E-state index in [4.69, 9.17) is 16.3 Å². The number of ether oxygens (including phenoxy) is 1. The number of phenolic OH excluding ortho intramolecular Hbond substituents is 1. The molecule has 0 spiro atoms. The summed E-state index contributed by atoms with van der Waals surface area (Å²) in [5.74, 6) is 0.496. The second-order valence-electron chi connectivity index (χ2n) is 4.97. The van der Waals surface area contributed by atoms with E-state index in [-0.39, 0.29) is 11.7 Å². The molecule has 108 valence electrons. The summed E-state index contributed by atoms with van der Waals surface area (Å²) in [6.07, 6.45) is -0.585. The van der Waals surface area contributed by atoms with Gasteiger partial charge in [0.2, 0.25) is 0 Å². The van der Waals surface area contributed by atoms with Crippen LogP contribution >= 0.6 is 11.6 Å². The highest BCUT2D eigenvalue weighted by Gasteiger charge is 2.31. The summed E-state index contributed by atoms with van der Waals surface area (Å²) in [5, 5.41) is 10.2. The third kappa shape index (κ3) is 2.67. The molecule has 2 aromatic rings. The fourth-order valence-corrected chi connectivity index (χ4v) is 2.59. The molecule has 1 aliphatic rings. The summed E-state index contributed by atoms with van der Waals surface area (Å²) in [5.41, 5.74) is 1.58. The molecule has 1 atom stereocenters. The van der Waals surface area contributed by atoms with Crippen molar-refractivity contribution in [1.82, 2.24) is 0 Å². The zero-order chi connectivity index (χ0) is 15.0. The molecular formula is C16H14ClNO3. The second kappa shape index (κ2) is 5.30. The Balaban J connectivity index is 1.99. The number of carbonyl (C=O) groups excluding carboxylic acids is 1. The Kier molecular flexibility index (Phi) is 3.47. The summed E-state index contributed by atoms with van der Waals surface area (Å²) >= 11 is 5.99. The van der Waals surface area contributed by atoms with E-state index in [9.17, 15) is 9.90 Å². The Hall–Kier alpha value is -2.20. The molecule has 0 saturated carbocycles. The van der Waals surface area contributed by atoms with Crippen LogP contribution in [0.1, 0.15) is 12.5 Å². The Bertz CT molecular complexity index is 702. The van der Waals surface area contributed by atoms with Gasteiger partial charge in [-0.1, -0.05) is 23.7 Å². The normalized spacial score (nSPS) is 17.3. The molecule has 1 unspecified atom stereocenters. The lowest BCUT2D eigenvalue weighted by molar-refractivity contribution is -0.125. The van der Waals surface area contributed by atoms with Crippen LogP contribution < -0.4 is 9.64 Å². The van der Waals surface area contributed by atoms with Gasteiger partial charge in [0.15, 0.2) is 6.10 Å². The van der Waals surface area contributed by atoms with Crippen molar-refractivity contribution in [3.63, 3.8) is 0 Å². The van der Waals surface area contributed by atoms with Crippen molar-refractivity contribution in [2.75, 3.05) is 4.90 Å². The van der Waals surface area contributed by atoms with Crippen molar-refractivity contribution < 1.29 is 14.6 Å². The molecule has 0 aromatic heterocycles. The largest absolute Gasteiger partial charge is 0.508 e. The second-order valence-corrected chi connectivity index (χ2v) is 5.40. The molecule has 1 amide bonds. The first-order valence-electron chi connectivity index (χ1n) is 6.60. The molecule has 21 heavy (non-hydrogen) atoms. The Morgan fingerprint density at radius 3 is 2.86 bits per heavy atom. The lowest BCUT2D eigenvalue weighted by Crippen LogP contribution is -2.43. The van der Waals surface area contributed by atoms with Crippen LogP contribution in [0, 0.1) is 0 Å². The Labute approximate surface area is 127 Å². The third-order valence-electron chi connectivity index (χ3n) is 3.38. The molecule has 0 fully saturated rings. The molecular weight excluding hydrogens is 290 g/mol. The molecule has 0 aliphatic carbocycles. The van der Waals surface area contributed by atoms with Gasteiger partial charge in [-0.2, -0.15) is 0 Å². The van der Waals surface area contributed by atoms with E-state index in [0.717, 1.165) is 5.56 Å². The summed E-state index contributed by atoms with van der Waals surface area (Å²) in [4.78, 5) is 14.0. The maximum atomic E-state index is 12.4. The van der Waals surface area contributed by atoms with Gasteiger partial charge >= 0.3 is 0 Å². The molecule has 2 aromatic carbocycles. The van der Waals surface area contributed by atoms with E-state index in [1.54, 1.807) is 24.0 Å². The van der Waals surface area contributed by atoms with Crippen molar-refractivity contribution in [1.29, 1.82) is 0 Å². The average Bonchev–Trinajstić information content (AvgIpc) is 2.44. The van der Waals surface area contributed by atoms with Gasteiger partial charge in [-0.05, 0) is 36.8 Å². The zero-order valence-electron chi connectivity index (χ0n) is 11.4. The molecule has 1 aliphatic heterocycles. The van der Waals surface area contributed by atoms with Gasteiger partial charge in [0.1, 0.15) is 11.5 Å². The first-order valence-corrected chi connectivity index (χ1v) is 6.98. The highest BCUT2D eigenvalue weighted by atomic mass is 35.5. The number of amides is 1. The number of aromatic hydroxyl groups is 1. The predicted octanol–water partition coefficient (Wildman–Crippen LogP) is 3.36. The number of hydrogen-bond acceptors (Lipinski definition) is 3. The van der Waals surface area contributed by atoms with Gasteiger partial charge in [-0.3, -0.25) is 4.79 Å². The lowest BCUT2D eigenvalue weighted by atomic mass is 10.1. The first-order chi connectivity index (χ1) is 10.0. The minimum absolute atomic E-state index is 0.109. The number of hydrogen-bond donors (Lipinski definition) is 1. The number of benzene rings is 2. The number of carbonyl (C=O) groups is 1. The molecule has 3 rings (SSSR count). The van der Waals surface area contributed by atoms with E-state index in [1.165, 1.54) is 12.1 Å². The maximum Gasteiger partial charge on any atom is 0.268 e. The maximum absolute atomic E-state index is 12.4. The van der Waals surface area contributed by atoms with Gasteiger partial charge in [-0.15, -0.1) is 0 Å². The van der Waals surface area contributed by atoms with Gasteiger partial charge in [0, 0.05) is 11.1 Å². The number of anilines is 1. The summed E-state index contributed by atoms with van der Waals surface area (Å²) < 4.78 is 5.54. The summed E-state index contributed by atoms with van der Waals surface area (Å²) in [6, 6.07) is 12.1. The molecule has 5 heteroatoms. The molecule has 1 heterocycles. The fraction of sp³-hybridized carbons (Fsp3) is 0.188. The minimum atomic E-state index is -0.585. The van der Waals surface area contributed by atoms with Crippen molar-refractivity contribution in [2.24, 2.45) is 0 Å². The number of fused-ring (bicyclic) bond motifs is 1. The topological polar surface area (TPSA) is 49.8 Å². The minimum Gasteiger partial charge on any atom is -0.508 e. The van der Waals surface area contributed by atoms with Crippen LogP contribution in [-0.2, 0) is 11.3 Å². The fourth-order valence-electron chi connectivity index (χ4n) is 2.38. The summed E-state index contributed by atoms with van der Waals surface area (Å²) in [7, 11) is 0. The average molecular weight is 304 g/mol. The van der Waals surface area contributed by atoms with Crippen LogP contribution in [0.15, 0.2) is 42.5 Å². The van der Waals surface area contributed by atoms with E-state index in [0.29, 0.717) is 23.0 Å². The van der Waals surface area contributed by atoms with Crippen molar-refractivity contribution in [3.05, 3.63) is 53.1 Å². The van der Waals surface area contributed by atoms with Crippen LogP contribution in [0.5, 0.6) is 11.5 Å². The Morgan fingerprint density at radius 1 is 1.29 bits per heavy atom. The van der Waals surface area contributed by atoms with E-state index in [2.05, 4.69) is 0 Å². The molecule has 1 N–H and O–H groups in total. The van der Waals surface area contributed by atoms with Gasteiger partial charge in [0.25, 0.3) is 5.91 Å². The predicted molar refractivity (Wildman–Crippen MR) is 80.8 cm³/mol. The third-order valence-corrected chi connectivity index (χ3v) is 3.62. The SMILES string of the molecule is CC1Oc2cc(O)ccc2N(Cc2cccc(Cl)c2)C1=O. The van der Waals surface area contributed by atoms with E-state index < -0.39 is 6.10 Å². The van der Waals surface area contributed by atoms with Crippen LogP contribution in [0.25, 0.3) is 0 Å². The number of halogens is 1. The highest BCUT2D eigenvalue weighted by Crippen LogP contribution is 2.37. The molecule has 0 bridgehead atoms. The lowest BCUT2D eigenvalue weighted by Gasteiger charge is -2.33. The van der Waals surface area contributed by atoms with Crippen LogP contribution in [0.3, 0.4) is 0 Å². The Morgan fingerprint density at radius 2 is 2.10 bits per heavy atom. The number of nitrogens with zero attached hydrogens (tertiary/aromatic N) is 1. The van der Waals surface area contributed by atoms with Crippen molar-refractivity contribution >= 4 is 23.2 Å².